The SMILES string of the molecule is CCOc1ccccc1OCC(=O)NCC(Oc1ccc(F)cc1)C(=O)O. The highest BCUT2D eigenvalue weighted by molar-refractivity contribution is 5.79. The Kier molecular flexibility index (Phi) is 7.42. The highest BCUT2D eigenvalue weighted by Gasteiger charge is 2.20. The molecule has 0 aromatic heterocycles. The number of halogens is 1. The van der Waals surface area contributed by atoms with Crippen LogP contribution in [0.4, 0.5) is 4.39 Å². The van der Waals surface area contributed by atoms with Crippen molar-refractivity contribution in [3.8, 4) is 17.2 Å². The summed E-state index contributed by atoms with van der Waals surface area (Å²) in [5.41, 5.74) is 0. The zero-order valence-corrected chi connectivity index (χ0v) is 14.7. The Bertz CT molecular complexity index is 765. The van der Waals surface area contributed by atoms with Gasteiger partial charge in [0, 0.05) is 0 Å². The molecule has 0 spiro atoms. The van der Waals surface area contributed by atoms with Crippen molar-refractivity contribution in [3.05, 3.63) is 54.3 Å². The predicted octanol–water partition coefficient (Wildman–Crippen LogP) is 2.25. The molecular formula is C19H20FNO6. The van der Waals surface area contributed by atoms with E-state index in [1.165, 1.54) is 12.1 Å². The molecule has 7 nitrogen and oxygen atoms in total. The Morgan fingerprint density at radius 1 is 1.07 bits per heavy atom. The number of hydrogen-bond acceptors (Lipinski definition) is 5. The van der Waals surface area contributed by atoms with Gasteiger partial charge in [-0.15, -0.1) is 0 Å². The van der Waals surface area contributed by atoms with Crippen LogP contribution in [0.25, 0.3) is 0 Å². The average molecular weight is 377 g/mol. The van der Waals surface area contributed by atoms with Crippen molar-refractivity contribution in [2.45, 2.75) is 13.0 Å². The van der Waals surface area contributed by atoms with Gasteiger partial charge in [0.15, 0.2) is 18.1 Å². The number of aliphatic carboxylic acids is 1. The number of carbonyl (C=O) groups excluding carboxylic acids is 1. The number of ether oxygens (including phenoxy) is 3. The molecule has 0 radical (unpaired) electrons. The van der Waals surface area contributed by atoms with Gasteiger partial charge in [-0.2, -0.15) is 0 Å². The van der Waals surface area contributed by atoms with Crippen LogP contribution < -0.4 is 19.5 Å². The summed E-state index contributed by atoms with van der Waals surface area (Å²) >= 11 is 0. The van der Waals surface area contributed by atoms with Crippen molar-refractivity contribution in [1.29, 1.82) is 0 Å². The Hall–Kier alpha value is -3.29. The van der Waals surface area contributed by atoms with Gasteiger partial charge in [-0.1, -0.05) is 12.1 Å². The van der Waals surface area contributed by atoms with Crippen molar-refractivity contribution < 1.29 is 33.3 Å². The number of rotatable bonds is 10. The van der Waals surface area contributed by atoms with Gasteiger partial charge in [0.1, 0.15) is 11.6 Å². The van der Waals surface area contributed by atoms with Crippen LogP contribution in [-0.4, -0.2) is 42.8 Å². The summed E-state index contributed by atoms with van der Waals surface area (Å²) in [6.07, 6.45) is -1.32. The minimum Gasteiger partial charge on any atom is -0.490 e. The lowest BCUT2D eigenvalue weighted by atomic mass is 10.3. The van der Waals surface area contributed by atoms with E-state index >= 15 is 0 Å². The Labute approximate surface area is 155 Å². The molecule has 1 atom stereocenters. The van der Waals surface area contributed by atoms with E-state index in [1.807, 2.05) is 6.92 Å². The zero-order valence-electron chi connectivity index (χ0n) is 14.7. The molecule has 0 saturated carbocycles. The maximum atomic E-state index is 12.9. The average Bonchev–Trinajstić information content (AvgIpc) is 2.66. The van der Waals surface area contributed by atoms with Gasteiger partial charge in [-0.3, -0.25) is 4.79 Å². The van der Waals surface area contributed by atoms with Crippen LogP contribution in [0, 0.1) is 5.82 Å². The molecule has 0 aliphatic carbocycles. The van der Waals surface area contributed by atoms with Gasteiger partial charge in [0.05, 0.1) is 13.2 Å². The van der Waals surface area contributed by atoms with Crippen LogP contribution in [-0.2, 0) is 9.59 Å². The summed E-state index contributed by atoms with van der Waals surface area (Å²) < 4.78 is 28.9. The van der Waals surface area contributed by atoms with Crippen molar-refractivity contribution in [2.24, 2.45) is 0 Å². The second-order valence-corrected chi connectivity index (χ2v) is 5.37. The molecule has 2 aromatic carbocycles. The minimum absolute atomic E-state index is 0.181. The predicted molar refractivity (Wildman–Crippen MR) is 94.6 cm³/mol. The first kappa shape index (κ1) is 20.0. The quantitative estimate of drug-likeness (QED) is 0.660. The highest BCUT2D eigenvalue weighted by atomic mass is 19.1. The smallest absolute Gasteiger partial charge is 0.346 e. The van der Waals surface area contributed by atoms with Crippen molar-refractivity contribution in [3.63, 3.8) is 0 Å². The lowest BCUT2D eigenvalue weighted by Gasteiger charge is -2.16. The summed E-state index contributed by atoms with van der Waals surface area (Å²) in [7, 11) is 0. The third-order valence-corrected chi connectivity index (χ3v) is 3.36. The van der Waals surface area contributed by atoms with Crippen LogP contribution in [0.5, 0.6) is 17.2 Å². The topological polar surface area (TPSA) is 94.1 Å². The van der Waals surface area contributed by atoms with Gasteiger partial charge in [-0.25, -0.2) is 9.18 Å². The molecule has 0 heterocycles. The molecule has 144 valence electrons. The van der Waals surface area contributed by atoms with E-state index in [0.29, 0.717) is 18.1 Å². The van der Waals surface area contributed by atoms with Gasteiger partial charge in [0.25, 0.3) is 5.91 Å². The zero-order chi connectivity index (χ0) is 19.6. The lowest BCUT2D eigenvalue weighted by Crippen LogP contribution is -2.41. The molecule has 1 unspecified atom stereocenters. The number of amides is 1. The number of carboxylic acid groups (broad SMARTS) is 1. The van der Waals surface area contributed by atoms with Gasteiger partial charge < -0.3 is 24.6 Å². The first-order valence-electron chi connectivity index (χ1n) is 8.26. The number of carboxylic acids is 1. The molecule has 2 N–H and O–H groups in total. The number of hydrogen-bond donors (Lipinski definition) is 2. The van der Waals surface area contributed by atoms with E-state index in [0.717, 1.165) is 12.1 Å². The molecule has 0 bridgehead atoms. The minimum atomic E-state index is -1.32. The van der Waals surface area contributed by atoms with E-state index in [1.54, 1.807) is 24.3 Å². The Balaban J connectivity index is 1.85. The third-order valence-electron chi connectivity index (χ3n) is 3.36. The first-order valence-corrected chi connectivity index (χ1v) is 8.26. The maximum Gasteiger partial charge on any atom is 0.346 e. The molecule has 27 heavy (non-hydrogen) atoms. The lowest BCUT2D eigenvalue weighted by molar-refractivity contribution is -0.145. The van der Waals surface area contributed by atoms with E-state index in [-0.39, 0.29) is 18.9 Å². The van der Waals surface area contributed by atoms with E-state index in [9.17, 15) is 19.1 Å². The molecule has 2 rings (SSSR count). The van der Waals surface area contributed by atoms with Gasteiger partial charge in [-0.05, 0) is 43.3 Å². The second-order valence-electron chi connectivity index (χ2n) is 5.37. The summed E-state index contributed by atoms with van der Waals surface area (Å²) in [4.78, 5) is 23.2. The van der Waals surface area contributed by atoms with E-state index in [4.69, 9.17) is 14.2 Å². The van der Waals surface area contributed by atoms with Crippen LogP contribution in [0.15, 0.2) is 48.5 Å². The Morgan fingerprint density at radius 2 is 1.70 bits per heavy atom. The number of benzene rings is 2. The fourth-order valence-electron chi connectivity index (χ4n) is 2.10. The Morgan fingerprint density at radius 3 is 2.30 bits per heavy atom. The first-order chi connectivity index (χ1) is 13.0. The van der Waals surface area contributed by atoms with Crippen LogP contribution in [0.2, 0.25) is 0 Å². The third kappa shape index (κ3) is 6.50. The summed E-state index contributed by atoms with van der Waals surface area (Å²) in [5.74, 6) is -1.15. The highest BCUT2D eigenvalue weighted by Crippen LogP contribution is 2.26. The molecule has 0 saturated heterocycles. The number of nitrogens with one attached hydrogen (secondary N) is 1. The van der Waals surface area contributed by atoms with Crippen molar-refractivity contribution in [2.75, 3.05) is 19.8 Å². The number of para-hydroxylation sites is 2. The molecule has 0 aliphatic heterocycles. The van der Waals surface area contributed by atoms with E-state index in [2.05, 4.69) is 5.32 Å². The normalized spacial score (nSPS) is 11.3. The fraction of sp³-hybridized carbons (Fsp3) is 0.263. The maximum absolute atomic E-state index is 12.9. The summed E-state index contributed by atoms with van der Waals surface area (Å²) in [5, 5.41) is 11.6. The fourth-order valence-corrected chi connectivity index (χ4v) is 2.10. The molecule has 8 heteroatoms. The van der Waals surface area contributed by atoms with Crippen molar-refractivity contribution in [1.82, 2.24) is 5.32 Å². The molecular weight excluding hydrogens is 357 g/mol. The van der Waals surface area contributed by atoms with Crippen LogP contribution in [0.1, 0.15) is 6.92 Å². The molecule has 0 fully saturated rings. The summed E-state index contributed by atoms with van der Waals surface area (Å²) in [6, 6.07) is 11.8. The number of carbonyl (C=O) groups is 2. The van der Waals surface area contributed by atoms with E-state index < -0.39 is 23.8 Å². The van der Waals surface area contributed by atoms with Crippen LogP contribution >= 0.6 is 0 Å². The molecule has 1 amide bonds. The van der Waals surface area contributed by atoms with Crippen molar-refractivity contribution >= 4 is 11.9 Å². The second kappa shape index (κ2) is 10.0. The standard InChI is InChI=1S/C19H20FNO6/c1-2-25-15-5-3-4-6-16(15)26-12-18(22)21-11-17(19(23)24)27-14-9-7-13(20)8-10-14/h3-10,17H,2,11-12H2,1H3,(H,21,22)(H,23,24). The van der Waals surface area contributed by atoms with Gasteiger partial charge in [0.2, 0.25) is 6.10 Å². The van der Waals surface area contributed by atoms with Crippen LogP contribution in [0.3, 0.4) is 0 Å². The molecule has 0 aliphatic rings. The van der Waals surface area contributed by atoms with Gasteiger partial charge >= 0.3 is 5.97 Å². The summed E-state index contributed by atoms with van der Waals surface area (Å²) in [6.45, 7) is 1.69. The molecule has 2 aromatic rings. The monoisotopic (exact) mass is 377 g/mol. The largest absolute Gasteiger partial charge is 0.490 e.